The van der Waals surface area contributed by atoms with Crippen molar-refractivity contribution >= 4 is 0 Å². The minimum Gasteiger partial charge on any atom is -0.310 e. The third-order valence-electron chi connectivity index (χ3n) is 4.53. The molecule has 0 bridgehead atoms. The number of rotatable bonds is 7. The Morgan fingerprint density at radius 3 is 2.75 bits per heavy atom. The highest BCUT2D eigenvalue weighted by Crippen LogP contribution is 2.30. The first-order valence-electron chi connectivity index (χ1n) is 8.44. The normalized spacial score (nSPS) is 18.1. The van der Waals surface area contributed by atoms with E-state index in [0.29, 0.717) is 6.04 Å². The minimum atomic E-state index is 0.490. The van der Waals surface area contributed by atoms with Crippen LogP contribution in [0.4, 0.5) is 0 Å². The average molecular weight is 274 g/mol. The van der Waals surface area contributed by atoms with Crippen molar-refractivity contribution in [3.05, 3.63) is 29.6 Å². The molecule has 20 heavy (non-hydrogen) atoms. The van der Waals surface area contributed by atoms with E-state index in [9.17, 15) is 0 Å². The van der Waals surface area contributed by atoms with E-state index in [1.807, 2.05) is 12.4 Å². The van der Waals surface area contributed by atoms with Gasteiger partial charge >= 0.3 is 0 Å². The molecular formula is C18H30N2. The Balaban J connectivity index is 1.92. The minimum absolute atomic E-state index is 0.490. The van der Waals surface area contributed by atoms with Crippen LogP contribution in [0.15, 0.2) is 18.5 Å². The molecule has 112 valence electrons. The summed E-state index contributed by atoms with van der Waals surface area (Å²) in [5.41, 5.74) is 2.64. The van der Waals surface area contributed by atoms with Crippen LogP contribution in [0.1, 0.15) is 75.5 Å². The van der Waals surface area contributed by atoms with Gasteiger partial charge in [-0.1, -0.05) is 45.1 Å². The zero-order valence-corrected chi connectivity index (χ0v) is 13.2. The third kappa shape index (κ3) is 4.90. The molecule has 1 aliphatic rings. The molecule has 1 atom stereocenters. The maximum absolute atomic E-state index is 4.37. The van der Waals surface area contributed by atoms with E-state index in [4.69, 9.17) is 0 Å². The van der Waals surface area contributed by atoms with Gasteiger partial charge in [-0.2, -0.15) is 0 Å². The summed E-state index contributed by atoms with van der Waals surface area (Å²) in [6.45, 7) is 5.47. The molecule has 0 spiro atoms. The zero-order chi connectivity index (χ0) is 14.2. The monoisotopic (exact) mass is 274 g/mol. The Kier molecular flexibility index (Phi) is 6.52. The lowest BCUT2D eigenvalue weighted by Crippen LogP contribution is -2.23. The fourth-order valence-electron chi connectivity index (χ4n) is 3.35. The molecule has 1 saturated carbocycles. The molecule has 1 unspecified atom stereocenters. The second kappa shape index (κ2) is 8.41. The second-order valence-corrected chi connectivity index (χ2v) is 6.38. The van der Waals surface area contributed by atoms with Crippen molar-refractivity contribution in [2.24, 2.45) is 5.92 Å². The summed E-state index contributed by atoms with van der Waals surface area (Å²) < 4.78 is 0. The molecule has 0 aliphatic heterocycles. The molecule has 1 aromatic heterocycles. The van der Waals surface area contributed by atoms with Crippen molar-refractivity contribution in [1.29, 1.82) is 0 Å². The Hall–Kier alpha value is -0.890. The van der Waals surface area contributed by atoms with Crippen LogP contribution in [0.25, 0.3) is 0 Å². The van der Waals surface area contributed by atoms with Crippen LogP contribution in [-0.4, -0.2) is 11.5 Å². The first-order valence-corrected chi connectivity index (χ1v) is 8.44. The fourth-order valence-corrected chi connectivity index (χ4v) is 3.35. The first-order chi connectivity index (χ1) is 9.79. The molecule has 0 radical (unpaired) electrons. The van der Waals surface area contributed by atoms with Gasteiger partial charge in [0.25, 0.3) is 0 Å². The second-order valence-electron chi connectivity index (χ2n) is 6.38. The fraction of sp³-hybridized carbons (Fsp3) is 0.722. The number of hydrogen-bond donors (Lipinski definition) is 1. The smallest absolute Gasteiger partial charge is 0.0335 e. The summed E-state index contributed by atoms with van der Waals surface area (Å²) in [6.07, 6.45) is 15.1. The van der Waals surface area contributed by atoms with Gasteiger partial charge in [-0.15, -0.1) is 0 Å². The van der Waals surface area contributed by atoms with E-state index >= 15 is 0 Å². The average Bonchev–Trinajstić information content (AvgIpc) is 2.48. The molecule has 0 aromatic carbocycles. The van der Waals surface area contributed by atoms with Crippen molar-refractivity contribution in [1.82, 2.24) is 10.3 Å². The molecule has 2 heteroatoms. The molecule has 0 amide bonds. The van der Waals surface area contributed by atoms with Gasteiger partial charge in [-0.3, -0.25) is 4.98 Å². The summed E-state index contributed by atoms with van der Waals surface area (Å²) >= 11 is 0. The summed E-state index contributed by atoms with van der Waals surface area (Å²) in [5.74, 6) is 0.965. The molecule has 1 heterocycles. The molecule has 2 rings (SSSR count). The van der Waals surface area contributed by atoms with Crippen LogP contribution in [-0.2, 0) is 0 Å². The zero-order valence-electron chi connectivity index (χ0n) is 13.2. The summed E-state index contributed by atoms with van der Waals surface area (Å²) in [5, 5.41) is 3.71. The quantitative estimate of drug-likeness (QED) is 0.773. The van der Waals surface area contributed by atoms with Crippen molar-refractivity contribution < 1.29 is 0 Å². The van der Waals surface area contributed by atoms with Crippen molar-refractivity contribution in [2.45, 2.75) is 71.3 Å². The van der Waals surface area contributed by atoms with Crippen LogP contribution < -0.4 is 5.32 Å². The maximum Gasteiger partial charge on any atom is 0.0335 e. The van der Waals surface area contributed by atoms with E-state index in [1.54, 1.807) is 0 Å². The SMILES string of the molecule is CCCNC(CCC1CCCCC1)c1cncc(C)c1. The first kappa shape index (κ1) is 15.5. The number of nitrogens with zero attached hydrogens (tertiary/aromatic N) is 1. The van der Waals surface area contributed by atoms with Crippen molar-refractivity contribution in [2.75, 3.05) is 6.54 Å². The lowest BCUT2D eigenvalue weighted by molar-refractivity contribution is 0.314. The predicted molar refractivity (Wildman–Crippen MR) is 85.8 cm³/mol. The largest absolute Gasteiger partial charge is 0.310 e. The van der Waals surface area contributed by atoms with Gasteiger partial charge in [0.1, 0.15) is 0 Å². The molecule has 1 aliphatic carbocycles. The van der Waals surface area contributed by atoms with E-state index in [0.717, 1.165) is 12.5 Å². The molecule has 1 N–H and O–H groups in total. The number of aryl methyl sites for hydroxylation is 1. The standard InChI is InChI=1S/C18H30N2/c1-3-11-20-18(17-12-15(2)13-19-14-17)10-9-16-7-5-4-6-8-16/h12-14,16,18,20H,3-11H2,1-2H3. The highest BCUT2D eigenvalue weighted by atomic mass is 14.9. The Morgan fingerprint density at radius 2 is 2.05 bits per heavy atom. The summed E-state index contributed by atoms with van der Waals surface area (Å²) in [4.78, 5) is 4.37. The van der Waals surface area contributed by atoms with Gasteiger partial charge in [-0.25, -0.2) is 0 Å². The highest BCUT2D eigenvalue weighted by molar-refractivity contribution is 5.20. The molecule has 1 aromatic rings. The number of aromatic nitrogens is 1. The lowest BCUT2D eigenvalue weighted by atomic mass is 9.84. The number of nitrogens with one attached hydrogen (secondary N) is 1. The topological polar surface area (TPSA) is 24.9 Å². The molecular weight excluding hydrogens is 244 g/mol. The number of hydrogen-bond acceptors (Lipinski definition) is 2. The Morgan fingerprint density at radius 1 is 1.25 bits per heavy atom. The Bertz CT molecular complexity index is 383. The van der Waals surface area contributed by atoms with E-state index in [-0.39, 0.29) is 0 Å². The van der Waals surface area contributed by atoms with Gasteiger partial charge in [-0.05, 0) is 49.8 Å². The lowest BCUT2D eigenvalue weighted by Gasteiger charge is -2.25. The van der Waals surface area contributed by atoms with Crippen molar-refractivity contribution in [3.63, 3.8) is 0 Å². The van der Waals surface area contributed by atoms with Gasteiger partial charge in [0.2, 0.25) is 0 Å². The Labute approximate surface area is 124 Å². The van der Waals surface area contributed by atoms with E-state index in [1.165, 1.54) is 62.5 Å². The molecule has 1 fully saturated rings. The van der Waals surface area contributed by atoms with Gasteiger partial charge < -0.3 is 5.32 Å². The van der Waals surface area contributed by atoms with Crippen LogP contribution in [0.5, 0.6) is 0 Å². The van der Waals surface area contributed by atoms with Crippen LogP contribution >= 0.6 is 0 Å². The summed E-state index contributed by atoms with van der Waals surface area (Å²) in [6, 6.07) is 2.78. The van der Waals surface area contributed by atoms with Crippen LogP contribution in [0, 0.1) is 12.8 Å². The third-order valence-corrected chi connectivity index (χ3v) is 4.53. The van der Waals surface area contributed by atoms with Gasteiger partial charge in [0.05, 0.1) is 0 Å². The summed E-state index contributed by atoms with van der Waals surface area (Å²) in [7, 11) is 0. The van der Waals surface area contributed by atoms with E-state index in [2.05, 4.69) is 30.2 Å². The van der Waals surface area contributed by atoms with Crippen LogP contribution in [0.3, 0.4) is 0 Å². The molecule has 0 saturated heterocycles. The number of pyridine rings is 1. The van der Waals surface area contributed by atoms with E-state index < -0.39 is 0 Å². The van der Waals surface area contributed by atoms with Gasteiger partial charge in [0, 0.05) is 18.4 Å². The molecule has 2 nitrogen and oxygen atoms in total. The van der Waals surface area contributed by atoms with Gasteiger partial charge in [0.15, 0.2) is 0 Å². The highest BCUT2D eigenvalue weighted by Gasteiger charge is 2.17. The predicted octanol–water partition coefficient (Wildman–Crippen LogP) is 4.79. The maximum atomic E-state index is 4.37. The van der Waals surface area contributed by atoms with Crippen molar-refractivity contribution in [3.8, 4) is 0 Å². The van der Waals surface area contributed by atoms with Crippen LogP contribution in [0.2, 0.25) is 0 Å².